The predicted molar refractivity (Wildman–Crippen MR) is 202 cm³/mol. The van der Waals surface area contributed by atoms with Gasteiger partial charge < -0.3 is 9.80 Å². The molecule has 10 heteroatoms. The third kappa shape index (κ3) is 13.0. The number of pyridine rings is 2. The second kappa shape index (κ2) is 21.7. The lowest BCUT2D eigenvalue weighted by molar-refractivity contribution is -0.128. The van der Waals surface area contributed by atoms with E-state index >= 15 is 0 Å². The molecule has 2 aromatic rings. The second-order valence-corrected chi connectivity index (χ2v) is 13.7. The van der Waals surface area contributed by atoms with E-state index in [0.717, 1.165) is 86.6 Å². The fourth-order valence-corrected chi connectivity index (χ4v) is 7.04. The van der Waals surface area contributed by atoms with Gasteiger partial charge in [0.05, 0.1) is 0 Å². The molecule has 2 saturated heterocycles. The summed E-state index contributed by atoms with van der Waals surface area (Å²) in [7, 11) is 0. The van der Waals surface area contributed by atoms with E-state index in [1.165, 1.54) is 38.5 Å². The Balaban J connectivity index is 0.979. The van der Waals surface area contributed by atoms with Gasteiger partial charge in [-0.1, -0.05) is 74.3 Å². The van der Waals surface area contributed by atoms with Crippen LogP contribution in [0.5, 0.6) is 0 Å². The SMILES string of the molecule is CSc1ncccc1C=CC=CC(=O)N1CCN(CCCCCCCCN2CCN(C(=O)C=CC=Cc3cccnc3SC)CC2)CC1. The first-order valence-electron chi connectivity index (χ1n) is 17.3. The first kappa shape index (κ1) is 37.6. The molecule has 0 N–H and O–H groups in total. The first-order valence-corrected chi connectivity index (χ1v) is 19.7. The number of hydrogen-bond donors (Lipinski definition) is 0. The summed E-state index contributed by atoms with van der Waals surface area (Å²) in [6, 6.07) is 7.92. The monoisotopic (exact) mass is 688 g/mol. The lowest BCUT2D eigenvalue weighted by atomic mass is 10.1. The van der Waals surface area contributed by atoms with Crippen molar-refractivity contribution in [2.24, 2.45) is 0 Å². The maximum atomic E-state index is 12.6. The third-order valence-electron chi connectivity index (χ3n) is 8.81. The molecule has 2 aliphatic rings. The number of carbonyl (C=O) groups is 2. The molecule has 2 fully saturated rings. The molecule has 8 nitrogen and oxygen atoms in total. The van der Waals surface area contributed by atoms with Crippen LogP contribution in [0.4, 0.5) is 0 Å². The molecule has 2 aliphatic heterocycles. The molecule has 0 bridgehead atoms. The fraction of sp³-hybridized carbons (Fsp3) is 0.474. The number of unbranched alkanes of at least 4 members (excludes halogenated alkanes) is 5. The summed E-state index contributed by atoms with van der Waals surface area (Å²) in [4.78, 5) is 42.9. The van der Waals surface area contributed by atoms with Crippen molar-refractivity contribution >= 4 is 47.5 Å². The third-order valence-corrected chi connectivity index (χ3v) is 10.3. The maximum Gasteiger partial charge on any atom is 0.246 e. The van der Waals surface area contributed by atoms with Gasteiger partial charge in [0, 0.05) is 88.0 Å². The average Bonchev–Trinajstić information content (AvgIpc) is 3.13. The maximum absolute atomic E-state index is 12.6. The molecule has 0 unspecified atom stereocenters. The summed E-state index contributed by atoms with van der Waals surface area (Å²) in [5, 5.41) is 1.98. The van der Waals surface area contributed by atoms with Gasteiger partial charge in [-0.15, -0.1) is 23.5 Å². The Bertz CT molecular complexity index is 1290. The van der Waals surface area contributed by atoms with Crippen LogP contribution in [0, 0.1) is 0 Å². The topological polar surface area (TPSA) is 72.9 Å². The van der Waals surface area contributed by atoms with Gasteiger partial charge in [0.2, 0.25) is 11.8 Å². The minimum Gasteiger partial charge on any atom is -0.337 e. The Morgan fingerprint density at radius 3 is 1.40 bits per heavy atom. The van der Waals surface area contributed by atoms with Gasteiger partial charge in [-0.05, 0) is 50.6 Å². The summed E-state index contributed by atoms with van der Waals surface area (Å²) >= 11 is 3.24. The van der Waals surface area contributed by atoms with Crippen molar-refractivity contribution < 1.29 is 9.59 Å². The van der Waals surface area contributed by atoms with Crippen LogP contribution in [0.15, 0.2) is 83.2 Å². The average molecular weight is 689 g/mol. The molecular formula is C38H52N6O2S2. The van der Waals surface area contributed by atoms with Crippen molar-refractivity contribution in [1.82, 2.24) is 29.6 Å². The van der Waals surface area contributed by atoms with Crippen LogP contribution < -0.4 is 0 Å². The highest BCUT2D eigenvalue weighted by atomic mass is 32.2. The molecule has 0 spiro atoms. The van der Waals surface area contributed by atoms with E-state index in [4.69, 9.17) is 0 Å². The van der Waals surface area contributed by atoms with E-state index in [2.05, 4.69) is 19.8 Å². The van der Waals surface area contributed by atoms with Crippen LogP contribution in [-0.2, 0) is 9.59 Å². The fourth-order valence-electron chi connectivity index (χ4n) is 5.97. The minimum atomic E-state index is 0.0917. The van der Waals surface area contributed by atoms with Crippen molar-refractivity contribution in [3.8, 4) is 0 Å². The number of allylic oxidation sites excluding steroid dienone is 4. The van der Waals surface area contributed by atoms with E-state index < -0.39 is 0 Å². The van der Waals surface area contributed by atoms with Crippen molar-refractivity contribution in [2.45, 2.75) is 48.6 Å². The summed E-state index contributed by atoms with van der Waals surface area (Å²) in [5.74, 6) is 0.183. The number of thioether (sulfide) groups is 2. The molecule has 0 radical (unpaired) electrons. The molecular weight excluding hydrogens is 637 g/mol. The van der Waals surface area contributed by atoms with E-state index in [-0.39, 0.29) is 11.8 Å². The number of nitrogens with zero attached hydrogens (tertiary/aromatic N) is 6. The smallest absolute Gasteiger partial charge is 0.246 e. The molecule has 48 heavy (non-hydrogen) atoms. The lowest BCUT2D eigenvalue weighted by Crippen LogP contribution is -2.48. The van der Waals surface area contributed by atoms with Gasteiger partial charge in [-0.2, -0.15) is 0 Å². The van der Waals surface area contributed by atoms with Crippen LogP contribution >= 0.6 is 23.5 Å². The normalized spacial score (nSPS) is 16.7. The summed E-state index contributed by atoms with van der Waals surface area (Å²) < 4.78 is 0. The van der Waals surface area contributed by atoms with Gasteiger partial charge in [-0.3, -0.25) is 19.4 Å². The molecule has 2 amide bonds. The number of amides is 2. The van der Waals surface area contributed by atoms with Crippen LogP contribution in [0.2, 0.25) is 0 Å². The molecule has 4 heterocycles. The standard InChI is InChI=1S/C38H52N6O2S2/c1-47-37-33(17-13-21-39-37)15-7-9-19-35(45)43-29-25-41(26-30-43)23-11-5-3-4-6-12-24-42-27-31-44(32-28-42)36(46)20-10-8-16-34-18-14-22-40-38(34)48-2/h7-10,13-22H,3-6,11-12,23-32H2,1-2H3. The molecule has 0 saturated carbocycles. The summed E-state index contributed by atoms with van der Waals surface area (Å²) in [6.07, 6.45) is 30.1. The van der Waals surface area contributed by atoms with Gasteiger partial charge >= 0.3 is 0 Å². The zero-order valence-corrected chi connectivity index (χ0v) is 30.3. The summed E-state index contributed by atoms with van der Waals surface area (Å²) in [5.41, 5.74) is 2.13. The molecule has 4 rings (SSSR count). The number of aromatic nitrogens is 2. The summed E-state index contributed by atoms with van der Waals surface area (Å²) in [6.45, 7) is 9.29. The highest BCUT2D eigenvalue weighted by molar-refractivity contribution is 7.98. The molecule has 0 aromatic carbocycles. The van der Waals surface area contributed by atoms with E-state index in [1.54, 1.807) is 48.1 Å². The number of piperazine rings is 2. The number of carbonyl (C=O) groups excluding carboxylic acids is 2. The Labute approximate surface area is 296 Å². The Morgan fingerprint density at radius 1 is 0.604 bits per heavy atom. The highest BCUT2D eigenvalue weighted by Crippen LogP contribution is 2.19. The van der Waals surface area contributed by atoms with Crippen molar-refractivity contribution in [1.29, 1.82) is 0 Å². The zero-order chi connectivity index (χ0) is 33.8. The van der Waals surface area contributed by atoms with Crippen LogP contribution in [0.25, 0.3) is 12.2 Å². The highest BCUT2D eigenvalue weighted by Gasteiger charge is 2.20. The Morgan fingerprint density at radius 2 is 1.00 bits per heavy atom. The predicted octanol–water partition coefficient (Wildman–Crippen LogP) is 6.39. The minimum absolute atomic E-state index is 0.0917. The van der Waals surface area contributed by atoms with Crippen molar-refractivity contribution in [3.05, 3.63) is 84.2 Å². The Kier molecular flexibility index (Phi) is 17.0. The number of hydrogen-bond acceptors (Lipinski definition) is 8. The molecule has 0 atom stereocenters. The Hall–Kier alpha value is -3.18. The second-order valence-electron chi connectivity index (χ2n) is 12.1. The number of rotatable bonds is 17. The van der Waals surface area contributed by atoms with Gasteiger partial charge in [0.25, 0.3) is 0 Å². The van der Waals surface area contributed by atoms with Crippen molar-refractivity contribution in [3.63, 3.8) is 0 Å². The van der Waals surface area contributed by atoms with E-state index in [9.17, 15) is 9.59 Å². The quantitative estimate of drug-likeness (QED) is 0.0820. The van der Waals surface area contributed by atoms with E-state index in [1.807, 2.05) is 83.0 Å². The lowest BCUT2D eigenvalue weighted by Gasteiger charge is -2.34. The van der Waals surface area contributed by atoms with Crippen molar-refractivity contribution in [2.75, 3.05) is 78.0 Å². The molecule has 258 valence electrons. The van der Waals surface area contributed by atoms with E-state index in [0.29, 0.717) is 0 Å². The van der Waals surface area contributed by atoms with Crippen LogP contribution in [0.1, 0.15) is 49.7 Å². The van der Waals surface area contributed by atoms with Gasteiger partial charge in [0.15, 0.2) is 0 Å². The van der Waals surface area contributed by atoms with Crippen LogP contribution in [-0.4, -0.2) is 119 Å². The van der Waals surface area contributed by atoms with Crippen LogP contribution in [0.3, 0.4) is 0 Å². The molecule has 2 aromatic heterocycles. The molecule has 0 aliphatic carbocycles. The first-order chi connectivity index (χ1) is 23.6. The van der Waals surface area contributed by atoms with Gasteiger partial charge in [0.1, 0.15) is 10.1 Å². The zero-order valence-electron chi connectivity index (χ0n) is 28.7. The largest absolute Gasteiger partial charge is 0.337 e. The van der Waals surface area contributed by atoms with Gasteiger partial charge in [-0.25, -0.2) is 9.97 Å².